The molecule has 0 bridgehead atoms. The maximum atomic E-state index is 11.0. The minimum absolute atomic E-state index is 0.118. The molecule has 0 amide bonds. The number of anilines is 1. The van der Waals surface area contributed by atoms with Gasteiger partial charge in [-0.25, -0.2) is 0 Å². The Morgan fingerprint density at radius 1 is 1.15 bits per heavy atom. The van der Waals surface area contributed by atoms with Gasteiger partial charge in [-0.3, -0.25) is 10.1 Å². The molecule has 104 valence electrons. The first kappa shape index (κ1) is 13.9. The van der Waals surface area contributed by atoms with Crippen molar-refractivity contribution in [1.82, 2.24) is 0 Å². The Labute approximate surface area is 117 Å². The molecule has 1 N–H and O–H groups in total. The van der Waals surface area contributed by atoms with Crippen molar-refractivity contribution in [2.45, 2.75) is 6.92 Å². The normalized spacial score (nSPS) is 10.1. The van der Waals surface area contributed by atoms with Crippen molar-refractivity contribution in [3.05, 3.63) is 64.2 Å². The number of hydrogen-bond donors (Lipinski definition) is 1. The number of nitrogens with zero attached hydrogens (tertiary/aromatic N) is 1. The van der Waals surface area contributed by atoms with E-state index in [4.69, 9.17) is 4.74 Å². The Hall–Kier alpha value is -2.56. The van der Waals surface area contributed by atoms with Gasteiger partial charge in [-0.15, -0.1) is 0 Å². The van der Waals surface area contributed by atoms with Gasteiger partial charge >= 0.3 is 0 Å². The number of ether oxygens (including phenoxy) is 1. The number of nitro groups is 1. The van der Waals surface area contributed by atoms with E-state index in [1.165, 1.54) is 0 Å². The monoisotopic (exact) mass is 272 g/mol. The summed E-state index contributed by atoms with van der Waals surface area (Å²) in [6, 6.07) is 14.7. The lowest BCUT2D eigenvalue weighted by atomic mass is 10.1. The van der Waals surface area contributed by atoms with Gasteiger partial charge < -0.3 is 10.1 Å². The van der Waals surface area contributed by atoms with Gasteiger partial charge in [0, 0.05) is 12.1 Å². The lowest BCUT2D eigenvalue weighted by Gasteiger charge is -2.09. The van der Waals surface area contributed by atoms with Crippen molar-refractivity contribution in [2.75, 3.05) is 18.5 Å². The van der Waals surface area contributed by atoms with Crippen molar-refractivity contribution in [3.63, 3.8) is 0 Å². The molecular formula is C15H16N2O3. The van der Waals surface area contributed by atoms with E-state index < -0.39 is 0 Å². The smallest absolute Gasteiger partial charge is 0.295 e. The van der Waals surface area contributed by atoms with Crippen LogP contribution in [-0.4, -0.2) is 18.1 Å². The zero-order valence-corrected chi connectivity index (χ0v) is 11.2. The van der Waals surface area contributed by atoms with Crippen LogP contribution in [0.25, 0.3) is 0 Å². The molecule has 0 aliphatic rings. The third kappa shape index (κ3) is 3.47. The molecule has 2 aromatic rings. The van der Waals surface area contributed by atoms with E-state index in [-0.39, 0.29) is 10.6 Å². The van der Waals surface area contributed by atoms with Crippen molar-refractivity contribution in [2.24, 2.45) is 0 Å². The van der Waals surface area contributed by atoms with Crippen LogP contribution in [0.4, 0.5) is 11.4 Å². The molecule has 0 unspecified atom stereocenters. The van der Waals surface area contributed by atoms with Gasteiger partial charge in [-0.05, 0) is 25.1 Å². The van der Waals surface area contributed by atoms with E-state index >= 15 is 0 Å². The summed E-state index contributed by atoms with van der Waals surface area (Å²) in [4.78, 5) is 10.7. The summed E-state index contributed by atoms with van der Waals surface area (Å²) in [5.41, 5.74) is 1.28. The maximum absolute atomic E-state index is 11.0. The predicted molar refractivity (Wildman–Crippen MR) is 78.3 cm³/mol. The van der Waals surface area contributed by atoms with Crippen LogP contribution in [0.2, 0.25) is 0 Å². The van der Waals surface area contributed by atoms with Gasteiger partial charge in [0.1, 0.15) is 18.0 Å². The molecule has 0 aliphatic heterocycles. The van der Waals surface area contributed by atoms with Crippen LogP contribution in [0, 0.1) is 17.0 Å². The Morgan fingerprint density at radius 2 is 1.90 bits per heavy atom. The molecule has 0 radical (unpaired) electrons. The summed E-state index contributed by atoms with van der Waals surface area (Å²) >= 11 is 0. The van der Waals surface area contributed by atoms with Crippen LogP contribution >= 0.6 is 0 Å². The van der Waals surface area contributed by atoms with Crippen LogP contribution in [-0.2, 0) is 0 Å². The Morgan fingerprint density at radius 3 is 2.60 bits per heavy atom. The molecule has 20 heavy (non-hydrogen) atoms. The highest BCUT2D eigenvalue weighted by molar-refractivity contribution is 5.64. The third-order valence-corrected chi connectivity index (χ3v) is 2.85. The topological polar surface area (TPSA) is 64.4 Å². The first-order valence-corrected chi connectivity index (χ1v) is 6.34. The second-order valence-corrected chi connectivity index (χ2v) is 4.32. The highest BCUT2D eigenvalue weighted by Gasteiger charge is 2.15. The lowest BCUT2D eigenvalue weighted by molar-refractivity contribution is -0.384. The van der Waals surface area contributed by atoms with Crippen LogP contribution in [0.3, 0.4) is 0 Å². The second kappa shape index (κ2) is 6.56. The number of rotatable bonds is 6. The van der Waals surface area contributed by atoms with Gasteiger partial charge in [-0.2, -0.15) is 0 Å². The van der Waals surface area contributed by atoms with E-state index in [0.717, 1.165) is 5.75 Å². The van der Waals surface area contributed by atoms with Gasteiger partial charge in [0.15, 0.2) is 0 Å². The van der Waals surface area contributed by atoms with Crippen molar-refractivity contribution in [3.8, 4) is 5.75 Å². The standard InChI is InChI=1S/C15H16N2O3/c1-12-6-5-9-14(15(12)17(18)19)16-10-11-20-13-7-3-2-4-8-13/h2-9,16H,10-11H2,1H3. The fraction of sp³-hybridized carbons (Fsp3) is 0.200. The van der Waals surface area contributed by atoms with Gasteiger partial charge in [-0.1, -0.05) is 30.3 Å². The number of nitro benzene ring substituents is 1. The highest BCUT2D eigenvalue weighted by Crippen LogP contribution is 2.27. The second-order valence-electron chi connectivity index (χ2n) is 4.32. The van der Waals surface area contributed by atoms with Crippen molar-refractivity contribution >= 4 is 11.4 Å². The fourth-order valence-corrected chi connectivity index (χ4v) is 1.92. The summed E-state index contributed by atoms with van der Waals surface area (Å²) in [7, 11) is 0. The predicted octanol–water partition coefficient (Wildman–Crippen LogP) is 3.39. The Bertz CT molecular complexity index is 585. The van der Waals surface area contributed by atoms with E-state index in [0.29, 0.717) is 24.4 Å². The summed E-state index contributed by atoms with van der Waals surface area (Å²) in [5.74, 6) is 0.785. The molecule has 0 heterocycles. The van der Waals surface area contributed by atoms with Gasteiger partial charge in [0.05, 0.1) is 4.92 Å². The Balaban J connectivity index is 1.92. The SMILES string of the molecule is Cc1cccc(NCCOc2ccccc2)c1[N+](=O)[O-]. The van der Waals surface area contributed by atoms with Crippen LogP contribution in [0.1, 0.15) is 5.56 Å². The molecule has 2 rings (SSSR count). The van der Waals surface area contributed by atoms with E-state index in [2.05, 4.69) is 5.32 Å². The maximum Gasteiger partial charge on any atom is 0.295 e. The van der Waals surface area contributed by atoms with Crippen molar-refractivity contribution in [1.29, 1.82) is 0 Å². The van der Waals surface area contributed by atoms with Gasteiger partial charge in [0.25, 0.3) is 5.69 Å². The molecule has 5 nitrogen and oxygen atoms in total. The van der Waals surface area contributed by atoms with E-state index in [1.54, 1.807) is 25.1 Å². The molecule has 0 aromatic heterocycles. The van der Waals surface area contributed by atoms with Crippen LogP contribution < -0.4 is 10.1 Å². The van der Waals surface area contributed by atoms with Gasteiger partial charge in [0.2, 0.25) is 0 Å². The van der Waals surface area contributed by atoms with Crippen LogP contribution in [0.5, 0.6) is 5.75 Å². The number of hydrogen-bond acceptors (Lipinski definition) is 4. The molecule has 5 heteroatoms. The average Bonchev–Trinajstić information content (AvgIpc) is 2.44. The quantitative estimate of drug-likeness (QED) is 0.497. The number of benzene rings is 2. The summed E-state index contributed by atoms with van der Waals surface area (Å²) in [6.07, 6.45) is 0. The molecule has 0 saturated heterocycles. The largest absolute Gasteiger partial charge is 0.492 e. The molecule has 0 fully saturated rings. The minimum atomic E-state index is -0.365. The summed E-state index contributed by atoms with van der Waals surface area (Å²) in [6.45, 7) is 2.66. The van der Waals surface area contributed by atoms with E-state index in [9.17, 15) is 10.1 Å². The first-order valence-electron chi connectivity index (χ1n) is 6.34. The van der Waals surface area contributed by atoms with Crippen LogP contribution in [0.15, 0.2) is 48.5 Å². The molecule has 0 atom stereocenters. The number of para-hydroxylation sites is 2. The minimum Gasteiger partial charge on any atom is -0.492 e. The molecular weight excluding hydrogens is 256 g/mol. The van der Waals surface area contributed by atoms with E-state index in [1.807, 2.05) is 30.3 Å². The average molecular weight is 272 g/mol. The number of aryl methyl sites for hydroxylation is 1. The first-order chi connectivity index (χ1) is 9.68. The molecule has 0 spiro atoms. The number of nitrogens with one attached hydrogen (secondary N) is 1. The molecule has 2 aromatic carbocycles. The fourth-order valence-electron chi connectivity index (χ4n) is 1.92. The molecule has 0 saturated carbocycles. The third-order valence-electron chi connectivity index (χ3n) is 2.85. The molecule has 0 aliphatic carbocycles. The lowest BCUT2D eigenvalue weighted by Crippen LogP contribution is -2.12. The Kier molecular flexibility index (Phi) is 4.55. The zero-order chi connectivity index (χ0) is 14.4. The highest BCUT2D eigenvalue weighted by atomic mass is 16.6. The summed E-state index contributed by atoms with van der Waals surface area (Å²) in [5, 5.41) is 14.1. The zero-order valence-electron chi connectivity index (χ0n) is 11.2. The summed E-state index contributed by atoms with van der Waals surface area (Å²) < 4.78 is 5.53. The van der Waals surface area contributed by atoms with Crippen molar-refractivity contribution < 1.29 is 9.66 Å².